The molecule has 6 nitrogen and oxygen atoms in total. The summed E-state index contributed by atoms with van der Waals surface area (Å²) >= 11 is 0. The van der Waals surface area contributed by atoms with E-state index in [1.165, 1.54) is 12.1 Å². The van der Waals surface area contributed by atoms with Gasteiger partial charge in [0, 0.05) is 0 Å². The van der Waals surface area contributed by atoms with E-state index in [-0.39, 0.29) is 11.4 Å². The molecule has 1 aromatic heterocycles. The van der Waals surface area contributed by atoms with E-state index < -0.39 is 10.0 Å². The molecular formula is C16H17N3O3S. The van der Waals surface area contributed by atoms with Gasteiger partial charge in [0.05, 0.1) is 29.1 Å². The summed E-state index contributed by atoms with van der Waals surface area (Å²) in [6.07, 6.45) is 0. The van der Waals surface area contributed by atoms with Crippen LogP contribution in [0.2, 0.25) is 0 Å². The van der Waals surface area contributed by atoms with Crippen molar-refractivity contribution in [3.05, 3.63) is 54.4 Å². The highest BCUT2D eigenvalue weighted by atomic mass is 32.2. The van der Waals surface area contributed by atoms with Gasteiger partial charge < -0.3 is 9.72 Å². The third kappa shape index (κ3) is 3.52. The van der Waals surface area contributed by atoms with E-state index in [2.05, 4.69) is 14.7 Å². The van der Waals surface area contributed by atoms with Crippen LogP contribution >= 0.6 is 0 Å². The number of hydrogen-bond donors (Lipinski definition) is 2. The number of aromatic amines is 1. The third-order valence-electron chi connectivity index (χ3n) is 3.31. The van der Waals surface area contributed by atoms with Crippen molar-refractivity contribution in [3.63, 3.8) is 0 Å². The second-order valence-corrected chi connectivity index (χ2v) is 6.70. The number of imidazole rings is 1. The van der Waals surface area contributed by atoms with E-state index in [0.717, 1.165) is 11.0 Å². The maximum absolute atomic E-state index is 12.3. The molecule has 0 fully saturated rings. The third-order valence-corrected chi connectivity index (χ3v) is 4.73. The fraction of sp³-hybridized carbons (Fsp3) is 0.188. The highest BCUT2D eigenvalue weighted by molar-refractivity contribution is 7.89. The van der Waals surface area contributed by atoms with Crippen LogP contribution in [0.3, 0.4) is 0 Å². The van der Waals surface area contributed by atoms with E-state index in [9.17, 15) is 8.42 Å². The second-order valence-electron chi connectivity index (χ2n) is 4.93. The van der Waals surface area contributed by atoms with Crippen LogP contribution in [0.25, 0.3) is 11.0 Å². The summed E-state index contributed by atoms with van der Waals surface area (Å²) < 4.78 is 32.4. The zero-order valence-corrected chi connectivity index (χ0v) is 13.4. The number of rotatable bonds is 6. The largest absolute Gasteiger partial charge is 0.494 e. The van der Waals surface area contributed by atoms with Gasteiger partial charge in [-0.3, -0.25) is 0 Å². The summed E-state index contributed by atoms with van der Waals surface area (Å²) in [6.45, 7) is 2.51. The molecule has 0 amide bonds. The molecule has 2 N–H and O–H groups in total. The average Bonchev–Trinajstić information content (AvgIpc) is 2.97. The number of aromatic nitrogens is 2. The van der Waals surface area contributed by atoms with Crippen molar-refractivity contribution < 1.29 is 13.2 Å². The van der Waals surface area contributed by atoms with E-state index in [1.807, 2.05) is 31.2 Å². The van der Waals surface area contributed by atoms with Crippen molar-refractivity contribution in [2.24, 2.45) is 0 Å². The van der Waals surface area contributed by atoms with Crippen LogP contribution in [0.1, 0.15) is 12.7 Å². The molecule has 0 aliphatic heterocycles. The number of nitrogens with one attached hydrogen (secondary N) is 2. The Bertz CT molecular complexity index is 869. The van der Waals surface area contributed by atoms with Gasteiger partial charge in [0.25, 0.3) is 0 Å². The molecule has 0 spiro atoms. The fourth-order valence-corrected chi connectivity index (χ4v) is 3.21. The summed E-state index contributed by atoms with van der Waals surface area (Å²) in [6, 6.07) is 13.9. The van der Waals surface area contributed by atoms with Gasteiger partial charge in [0.15, 0.2) is 0 Å². The first-order valence-electron chi connectivity index (χ1n) is 7.24. The van der Waals surface area contributed by atoms with Crippen molar-refractivity contribution in [3.8, 4) is 5.75 Å². The number of para-hydroxylation sites is 2. The smallest absolute Gasteiger partial charge is 0.240 e. The Labute approximate surface area is 134 Å². The molecule has 0 atom stereocenters. The van der Waals surface area contributed by atoms with Crippen LogP contribution in [0.4, 0.5) is 0 Å². The molecule has 0 radical (unpaired) electrons. The number of nitrogens with zero attached hydrogens (tertiary/aromatic N) is 1. The van der Waals surface area contributed by atoms with Gasteiger partial charge in [0.1, 0.15) is 11.6 Å². The lowest BCUT2D eigenvalue weighted by molar-refractivity contribution is 0.340. The molecule has 0 saturated heterocycles. The van der Waals surface area contributed by atoms with Gasteiger partial charge in [-0.05, 0) is 43.3 Å². The van der Waals surface area contributed by atoms with Crippen LogP contribution in [0, 0.1) is 0 Å². The average molecular weight is 331 g/mol. The Morgan fingerprint density at radius 1 is 1.13 bits per heavy atom. The number of ether oxygens (including phenoxy) is 1. The molecule has 2 aromatic carbocycles. The van der Waals surface area contributed by atoms with E-state index in [4.69, 9.17) is 4.74 Å². The first-order valence-corrected chi connectivity index (χ1v) is 8.73. The maximum atomic E-state index is 12.3. The van der Waals surface area contributed by atoms with Crippen molar-refractivity contribution in [1.29, 1.82) is 0 Å². The van der Waals surface area contributed by atoms with Gasteiger partial charge in [-0.2, -0.15) is 0 Å². The van der Waals surface area contributed by atoms with Gasteiger partial charge in [-0.1, -0.05) is 12.1 Å². The molecule has 7 heteroatoms. The van der Waals surface area contributed by atoms with Crippen LogP contribution < -0.4 is 9.46 Å². The Morgan fingerprint density at radius 2 is 1.87 bits per heavy atom. The minimum atomic E-state index is -3.59. The van der Waals surface area contributed by atoms with Gasteiger partial charge in [0.2, 0.25) is 10.0 Å². The molecule has 0 aliphatic rings. The van der Waals surface area contributed by atoms with Gasteiger partial charge >= 0.3 is 0 Å². The minimum Gasteiger partial charge on any atom is -0.494 e. The van der Waals surface area contributed by atoms with Crippen molar-refractivity contribution in [2.75, 3.05) is 6.61 Å². The summed E-state index contributed by atoms with van der Waals surface area (Å²) in [4.78, 5) is 7.62. The first-order chi connectivity index (χ1) is 11.1. The van der Waals surface area contributed by atoms with Gasteiger partial charge in [-0.15, -0.1) is 0 Å². The highest BCUT2D eigenvalue weighted by Crippen LogP contribution is 2.16. The van der Waals surface area contributed by atoms with Crippen LogP contribution in [0.5, 0.6) is 5.75 Å². The summed E-state index contributed by atoms with van der Waals surface area (Å²) in [5.41, 5.74) is 1.69. The lowest BCUT2D eigenvalue weighted by Gasteiger charge is -2.07. The maximum Gasteiger partial charge on any atom is 0.240 e. The standard InChI is InChI=1S/C16H17N3O3S/c1-2-22-12-7-9-13(10-8-12)23(20,21)17-11-16-18-14-5-3-4-6-15(14)19-16/h3-10,17H,2,11H2,1H3,(H,18,19). The van der Waals surface area contributed by atoms with Crippen LogP contribution in [-0.4, -0.2) is 25.0 Å². The molecule has 23 heavy (non-hydrogen) atoms. The normalized spacial score (nSPS) is 11.7. The summed E-state index contributed by atoms with van der Waals surface area (Å²) in [5, 5.41) is 0. The lowest BCUT2D eigenvalue weighted by atomic mass is 10.3. The number of sulfonamides is 1. The van der Waals surface area contributed by atoms with Crippen LogP contribution in [-0.2, 0) is 16.6 Å². The molecule has 0 aliphatic carbocycles. The number of benzene rings is 2. The van der Waals surface area contributed by atoms with E-state index in [0.29, 0.717) is 18.2 Å². The molecule has 0 bridgehead atoms. The number of hydrogen-bond acceptors (Lipinski definition) is 4. The zero-order chi connectivity index (χ0) is 16.3. The van der Waals surface area contributed by atoms with Crippen LogP contribution in [0.15, 0.2) is 53.4 Å². The minimum absolute atomic E-state index is 0.101. The lowest BCUT2D eigenvalue weighted by Crippen LogP contribution is -2.23. The number of fused-ring (bicyclic) bond motifs is 1. The van der Waals surface area contributed by atoms with E-state index in [1.54, 1.807) is 12.1 Å². The van der Waals surface area contributed by atoms with Crippen molar-refractivity contribution >= 4 is 21.1 Å². The second kappa shape index (κ2) is 6.39. The van der Waals surface area contributed by atoms with E-state index >= 15 is 0 Å². The predicted octanol–water partition coefficient (Wildman–Crippen LogP) is 2.44. The molecule has 120 valence electrons. The summed E-state index contributed by atoms with van der Waals surface area (Å²) in [7, 11) is -3.59. The quantitative estimate of drug-likeness (QED) is 0.726. The van der Waals surface area contributed by atoms with Gasteiger partial charge in [-0.25, -0.2) is 18.1 Å². The Kier molecular flexibility index (Phi) is 4.31. The van der Waals surface area contributed by atoms with Crippen molar-refractivity contribution in [2.45, 2.75) is 18.4 Å². The zero-order valence-electron chi connectivity index (χ0n) is 12.6. The molecule has 0 saturated carbocycles. The Balaban J connectivity index is 1.72. The Morgan fingerprint density at radius 3 is 2.57 bits per heavy atom. The van der Waals surface area contributed by atoms with Crippen molar-refractivity contribution in [1.82, 2.24) is 14.7 Å². The predicted molar refractivity (Wildman–Crippen MR) is 87.7 cm³/mol. The molecule has 3 rings (SSSR count). The topological polar surface area (TPSA) is 84.1 Å². The highest BCUT2D eigenvalue weighted by Gasteiger charge is 2.14. The first kappa shape index (κ1) is 15.5. The molecular weight excluding hydrogens is 314 g/mol. The molecule has 3 aromatic rings. The molecule has 1 heterocycles. The SMILES string of the molecule is CCOc1ccc(S(=O)(=O)NCc2nc3ccccc3[nH]2)cc1. The summed E-state index contributed by atoms with van der Waals surface area (Å²) in [5.74, 6) is 1.21. The molecule has 0 unspecified atom stereocenters. The fourth-order valence-electron chi connectivity index (χ4n) is 2.22. The Hall–Kier alpha value is -2.38. The number of H-pyrrole nitrogens is 1. The monoisotopic (exact) mass is 331 g/mol.